The van der Waals surface area contributed by atoms with Gasteiger partial charge in [-0.25, -0.2) is 19.1 Å². The second-order valence-corrected chi connectivity index (χ2v) is 6.17. The summed E-state index contributed by atoms with van der Waals surface area (Å²) < 4.78 is 14.3. The number of nitrogens with zero attached hydrogens (tertiary/aromatic N) is 2. The first-order valence-electron chi connectivity index (χ1n) is 7.83. The largest absolute Gasteiger partial charge is 0.337 e. The van der Waals surface area contributed by atoms with Crippen molar-refractivity contribution < 1.29 is 19.0 Å². The summed E-state index contributed by atoms with van der Waals surface area (Å²) in [5, 5.41) is 0. The number of allylic oxidation sites excluding steroid dienone is 2. The topological polar surface area (TPSA) is 54.6 Å². The number of nitrogens with one attached hydrogen (secondary N) is 1. The van der Waals surface area contributed by atoms with Gasteiger partial charge in [0.1, 0.15) is 5.82 Å². The Morgan fingerprint density at radius 1 is 1.22 bits per heavy atom. The number of amides is 3. The molecule has 1 aromatic carbocycles. The number of hydrogen-bond acceptors (Lipinski definition) is 2. The third-order valence-electron chi connectivity index (χ3n) is 4.64. The molecule has 2 aliphatic heterocycles. The van der Waals surface area contributed by atoms with Gasteiger partial charge < -0.3 is 0 Å². The number of carbonyl (C=O) groups excluding carboxylic acids is 2. The summed E-state index contributed by atoms with van der Waals surface area (Å²) in [4.78, 5) is 31.1. The van der Waals surface area contributed by atoms with Crippen molar-refractivity contribution in [3.8, 4) is 0 Å². The van der Waals surface area contributed by atoms with Crippen LogP contribution in [0.5, 0.6) is 0 Å². The zero-order valence-corrected chi connectivity index (χ0v) is 12.8. The summed E-state index contributed by atoms with van der Waals surface area (Å²) in [5.41, 5.74) is 2.64. The van der Waals surface area contributed by atoms with E-state index in [0.29, 0.717) is 0 Å². The van der Waals surface area contributed by atoms with Gasteiger partial charge >= 0.3 is 6.03 Å². The Morgan fingerprint density at radius 2 is 2.00 bits per heavy atom. The monoisotopic (exact) mass is 314 g/mol. The molecule has 118 valence electrons. The van der Waals surface area contributed by atoms with E-state index in [1.165, 1.54) is 17.0 Å². The molecule has 0 bridgehead atoms. The maximum atomic E-state index is 14.3. The Bertz CT molecular complexity index is 784. The van der Waals surface area contributed by atoms with E-state index in [-0.39, 0.29) is 5.69 Å². The SMILES string of the molecule is Cc1ccc(N2C(=O)C3C=[NH+]C4=C(CCCC4)N3C2=O)c(F)c1. The van der Waals surface area contributed by atoms with Crippen molar-refractivity contribution in [1.82, 2.24) is 4.90 Å². The second-order valence-electron chi connectivity index (χ2n) is 6.17. The van der Waals surface area contributed by atoms with Gasteiger partial charge in [0.15, 0.2) is 18.0 Å². The quantitative estimate of drug-likeness (QED) is 0.793. The molecule has 1 fully saturated rings. The van der Waals surface area contributed by atoms with Crippen LogP contribution >= 0.6 is 0 Å². The van der Waals surface area contributed by atoms with Crippen LogP contribution < -0.4 is 9.89 Å². The Balaban J connectivity index is 1.78. The highest BCUT2D eigenvalue weighted by atomic mass is 19.1. The van der Waals surface area contributed by atoms with Crippen molar-refractivity contribution in [3.05, 3.63) is 41.0 Å². The van der Waals surface area contributed by atoms with Crippen molar-refractivity contribution in [2.24, 2.45) is 0 Å². The van der Waals surface area contributed by atoms with Gasteiger partial charge in [-0.3, -0.25) is 9.69 Å². The molecule has 1 atom stereocenters. The molecule has 1 unspecified atom stereocenters. The third kappa shape index (κ3) is 2.01. The molecule has 3 aliphatic rings. The first kappa shape index (κ1) is 14.1. The molecule has 5 nitrogen and oxygen atoms in total. The van der Waals surface area contributed by atoms with E-state index in [4.69, 9.17) is 0 Å². The number of hydrogen-bond donors (Lipinski definition) is 1. The summed E-state index contributed by atoms with van der Waals surface area (Å²) >= 11 is 0. The molecule has 0 saturated carbocycles. The van der Waals surface area contributed by atoms with E-state index in [0.717, 1.165) is 47.5 Å². The average molecular weight is 314 g/mol. The summed E-state index contributed by atoms with van der Waals surface area (Å²) in [6.45, 7) is 1.76. The predicted octanol–water partition coefficient (Wildman–Crippen LogP) is 1.22. The van der Waals surface area contributed by atoms with Crippen LogP contribution in [0, 0.1) is 12.7 Å². The van der Waals surface area contributed by atoms with Crippen LogP contribution in [-0.4, -0.2) is 29.1 Å². The molecule has 4 rings (SSSR count). The Hall–Kier alpha value is -2.50. The van der Waals surface area contributed by atoms with E-state index in [9.17, 15) is 14.0 Å². The fraction of sp³-hybridized carbons (Fsp3) is 0.353. The van der Waals surface area contributed by atoms with Crippen LogP contribution in [0.15, 0.2) is 29.6 Å². The fourth-order valence-electron chi connectivity index (χ4n) is 3.50. The lowest BCUT2D eigenvalue weighted by molar-refractivity contribution is -0.404. The van der Waals surface area contributed by atoms with Gasteiger partial charge in [-0.1, -0.05) is 6.07 Å². The molecule has 0 spiro atoms. The maximum absolute atomic E-state index is 14.3. The number of fused-ring (bicyclic) bond motifs is 2. The van der Waals surface area contributed by atoms with Crippen molar-refractivity contribution in [3.63, 3.8) is 0 Å². The molecular formula is C17H17FN3O2+. The van der Waals surface area contributed by atoms with Crippen molar-refractivity contribution in [2.75, 3.05) is 4.90 Å². The van der Waals surface area contributed by atoms with Crippen LogP contribution in [0.4, 0.5) is 14.9 Å². The molecule has 1 N–H and O–H groups in total. The molecule has 0 radical (unpaired) electrons. The zero-order chi connectivity index (χ0) is 16.1. The summed E-state index contributed by atoms with van der Waals surface area (Å²) in [6.07, 6.45) is 5.32. The summed E-state index contributed by atoms with van der Waals surface area (Å²) in [5.74, 6) is -0.972. The molecule has 1 aromatic rings. The number of imide groups is 1. The number of benzene rings is 1. The van der Waals surface area contributed by atoms with E-state index in [1.54, 1.807) is 19.2 Å². The number of urea groups is 1. The van der Waals surface area contributed by atoms with Gasteiger partial charge in [-0.15, -0.1) is 0 Å². The Kier molecular flexibility index (Phi) is 3.07. The van der Waals surface area contributed by atoms with E-state index in [1.807, 2.05) is 0 Å². The van der Waals surface area contributed by atoms with Gasteiger partial charge in [0.05, 0.1) is 11.4 Å². The van der Waals surface area contributed by atoms with E-state index in [2.05, 4.69) is 4.99 Å². The first-order chi connectivity index (χ1) is 11.1. The van der Waals surface area contributed by atoms with Crippen LogP contribution in [0.3, 0.4) is 0 Å². The van der Waals surface area contributed by atoms with Crippen LogP contribution in [0.2, 0.25) is 0 Å². The first-order valence-corrected chi connectivity index (χ1v) is 7.83. The molecule has 23 heavy (non-hydrogen) atoms. The van der Waals surface area contributed by atoms with Gasteiger partial charge in [0.25, 0.3) is 5.91 Å². The predicted molar refractivity (Wildman–Crippen MR) is 82.2 cm³/mol. The highest BCUT2D eigenvalue weighted by molar-refractivity contribution is 6.26. The van der Waals surface area contributed by atoms with Crippen molar-refractivity contribution in [1.29, 1.82) is 0 Å². The third-order valence-corrected chi connectivity index (χ3v) is 4.64. The summed E-state index contributed by atoms with van der Waals surface area (Å²) in [6, 6.07) is 3.36. The molecule has 3 amide bonds. The number of rotatable bonds is 1. The molecule has 0 aromatic heterocycles. The lowest BCUT2D eigenvalue weighted by Crippen LogP contribution is -2.74. The van der Waals surface area contributed by atoms with Crippen LogP contribution in [0.25, 0.3) is 0 Å². The molecular weight excluding hydrogens is 297 g/mol. The van der Waals surface area contributed by atoms with Crippen molar-refractivity contribution in [2.45, 2.75) is 38.6 Å². The smallest absolute Gasteiger partial charge is 0.271 e. The number of aryl methyl sites for hydroxylation is 1. The van der Waals surface area contributed by atoms with Gasteiger partial charge in [-0.05, 0) is 43.9 Å². The molecule has 2 heterocycles. The average Bonchev–Trinajstić information content (AvgIpc) is 2.80. The minimum absolute atomic E-state index is 0.0198. The van der Waals surface area contributed by atoms with Gasteiger partial charge in [0, 0.05) is 6.42 Å². The summed E-state index contributed by atoms with van der Waals surface area (Å²) in [7, 11) is 0. The van der Waals surface area contributed by atoms with Gasteiger partial charge in [-0.2, -0.15) is 0 Å². The molecule has 1 saturated heterocycles. The minimum Gasteiger partial charge on any atom is -0.271 e. The highest BCUT2D eigenvalue weighted by Gasteiger charge is 2.51. The lowest BCUT2D eigenvalue weighted by atomic mass is 9.98. The normalized spacial score (nSPS) is 23.5. The zero-order valence-electron chi connectivity index (χ0n) is 12.8. The minimum atomic E-state index is -0.694. The van der Waals surface area contributed by atoms with Gasteiger partial charge in [0.2, 0.25) is 0 Å². The highest BCUT2D eigenvalue weighted by Crippen LogP contribution is 2.34. The number of carbonyl (C=O) groups is 2. The number of halogens is 1. The fourth-order valence-corrected chi connectivity index (χ4v) is 3.50. The number of anilines is 1. The van der Waals surface area contributed by atoms with E-state index < -0.39 is 23.8 Å². The Labute approximate surface area is 133 Å². The van der Waals surface area contributed by atoms with Crippen LogP contribution in [-0.2, 0) is 4.79 Å². The van der Waals surface area contributed by atoms with E-state index >= 15 is 0 Å². The van der Waals surface area contributed by atoms with Crippen LogP contribution in [0.1, 0.15) is 31.2 Å². The Morgan fingerprint density at radius 3 is 2.78 bits per heavy atom. The lowest BCUT2D eigenvalue weighted by Gasteiger charge is -2.26. The second kappa shape index (κ2) is 5.01. The maximum Gasteiger partial charge on any atom is 0.337 e. The standard InChI is InChI=1S/C17H16FN3O2/c1-10-6-7-13(11(18)8-10)21-16(22)15-9-19-12-4-2-3-5-14(12)20(15)17(21)23/h6-9,15H,2-5H2,1H3/p+1. The molecule has 6 heteroatoms. The molecule has 1 aliphatic carbocycles. The van der Waals surface area contributed by atoms with Crippen molar-refractivity contribution >= 4 is 23.8 Å².